The van der Waals surface area contributed by atoms with Crippen LogP contribution in [0.5, 0.6) is 0 Å². The second-order valence-corrected chi connectivity index (χ2v) is 8.49. The quantitative estimate of drug-likeness (QED) is 0.668. The van der Waals surface area contributed by atoms with Crippen molar-refractivity contribution in [1.82, 2.24) is 15.2 Å². The molecule has 2 fully saturated rings. The van der Waals surface area contributed by atoms with Gasteiger partial charge in [-0.25, -0.2) is 9.37 Å². The van der Waals surface area contributed by atoms with Crippen LogP contribution in [0.4, 0.5) is 15.9 Å². The van der Waals surface area contributed by atoms with Gasteiger partial charge >= 0.3 is 0 Å². The summed E-state index contributed by atoms with van der Waals surface area (Å²) in [6.45, 7) is 5.09. The van der Waals surface area contributed by atoms with Crippen LogP contribution in [0.3, 0.4) is 0 Å². The van der Waals surface area contributed by atoms with Gasteiger partial charge in [0, 0.05) is 63.7 Å². The lowest BCUT2D eigenvalue weighted by Gasteiger charge is -2.38. The molecule has 2 aliphatic heterocycles. The molecule has 7 heteroatoms. The molecule has 2 aliphatic rings. The Hall–Kier alpha value is -3.45. The Morgan fingerprint density at radius 2 is 1.64 bits per heavy atom. The third kappa shape index (κ3) is 4.68. The third-order valence-corrected chi connectivity index (χ3v) is 6.45. The molecule has 5 rings (SSSR count). The molecule has 3 heterocycles. The summed E-state index contributed by atoms with van der Waals surface area (Å²) in [6, 6.07) is 20.8. The average Bonchev–Trinajstić information content (AvgIpc) is 2.89. The Kier molecular flexibility index (Phi) is 6.21. The zero-order valence-corrected chi connectivity index (χ0v) is 18.5. The lowest BCUT2D eigenvalue weighted by Crippen LogP contribution is -2.50. The Labute approximate surface area is 193 Å². The zero-order valence-electron chi connectivity index (χ0n) is 18.5. The Morgan fingerprint density at radius 1 is 0.879 bits per heavy atom. The first-order chi connectivity index (χ1) is 16.2. The summed E-state index contributed by atoms with van der Waals surface area (Å²) < 4.78 is 13.2. The number of hydrogen-bond donors (Lipinski definition) is 1. The van der Waals surface area contributed by atoms with Crippen molar-refractivity contribution in [1.29, 1.82) is 0 Å². The molecule has 1 N–H and O–H groups in total. The van der Waals surface area contributed by atoms with E-state index >= 15 is 0 Å². The molecular weight excluding hydrogens is 417 g/mol. The molecule has 1 unspecified atom stereocenters. The van der Waals surface area contributed by atoms with E-state index in [4.69, 9.17) is 0 Å². The molecule has 1 atom stereocenters. The number of halogens is 1. The number of pyridine rings is 1. The van der Waals surface area contributed by atoms with Crippen molar-refractivity contribution in [3.05, 3.63) is 89.9 Å². The van der Waals surface area contributed by atoms with Crippen LogP contribution in [0.2, 0.25) is 0 Å². The first kappa shape index (κ1) is 21.4. The summed E-state index contributed by atoms with van der Waals surface area (Å²) in [5.41, 5.74) is 2.88. The highest BCUT2D eigenvalue weighted by atomic mass is 19.1. The van der Waals surface area contributed by atoms with Gasteiger partial charge in [0.15, 0.2) is 0 Å². The monoisotopic (exact) mass is 445 g/mol. The van der Waals surface area contributed by atoms with Gasteiger partial charge in [0.2, 0.25) is 0 Å². The van der Waals surface area contributed by atoms with Crippen LogP contribution >= 0.6 is 0 Å². The van der Waals surface area contributed by atoms with Gasteiger partial charge in [-0.3, -0.25) is 4.79 Å². The second-order valence-electron chi connectivity index (χ2n) is 8.49. The number of rotatable bonds is 4. The molecular formula is C26H28FN5O. The van der Waals surface area contributed by atoms with Crippen LogP contribution in [-0.4, -0.2) is 61.6 Å². The molecule has 2 aromatic carbocycles. The van der Waals surface area contributed by atoms with Gasteiger partial charge in [-0.05, 0) is 42.0 Å². The third-order valence-electron chi connectivity index (χ3n) is 6.45. The summed E-state index contributed by atoms with van der Waals surface area (Å²) in [4.78, 5) is 24.4. The number of hydrogen-bond acceptors (Lipinski definition) is 5. The lowest BCUT2D eigenvalue weighted by molar-refractivity contribution is 0.0747. The van der Waals surface area contributed by atoms with Crippen LogP contribution in [0, 0.1) is 5.82 Å². The van der Waals surface area contributed by atoms with E-state index in [1.54, 1.807) is 18.3 Å². The van der Waals surface area contributed by atoms with Gasteiger partial charge in [-0.2, -0.15) is 0 Å². The van der Waals surface area contributed by atoms with Crippen LogP contribution < -0.4 is 15.1 Å². The molecule has 0 bridgehead atoms. The molecule has 0 radical (unpaired) electrons. The highest BCUT2D eigenvalue weighted by Crippen LogP contribution is 2.25. The number of carbonyl (C=O) groups excluding carboxylic acids is 1. The summed E-state index contributed by atoms with van der Waals surface area (Å²) in [5.74, 6) is 0.539. The van der Waals surface area contributed by atoms with E-state index in [1.165, 1.54) is 17.7 Å². The number of amides is 1. The first-order valence-corrected chi connectivity index (χ1v) is 11.5. The van der Waals surface area contributed by atoms with Crippen LogP contribution in [0.25, 0.3) is 0 Å². The van der Waals surface area contributed by atoms with E-state index in [0.29, 0.717) is 18.7 Å². The van der Waals surface area contributed by atoms with Gasteiger partial charge in [0.1, 0.15) is 11.6 Å². The highest BCUT2D eigenvalue weighted by molar-refractivity contribution is 5.99. The van der Waals surface area contributed by atoms with Crippen molar-refractivity contribution >= 4 is 17.4 Å². The predicted molar refractivity (Wildman–Crippen MR) is 128 cm³/mol. The molecule has 1 amide bonds. The first-order valence-electron chi connectivity index (χ1n) is 11.5. The maximum Gasteiger partial charge on any atom is 0.257 e. The largest absolute Gasteiger partial charge is 0.368 e. The molecule has 2 saturated heterocycles. The van der Waals surface area contributed by atoms with Gasteiger partial charge in [-0.15, -0.1) is 0 Å². The fourth-order valence-corrected chi connectivity index (χ4v) is 4.66. The molecule has 6 nitrogen and oxygen atoms in total. The topological polar surface area (TPSA) is 51.7 Å². The van der Waals surface area contributed by atoms with Gasteiger partial charge in [0.25, 0.3) is 5.91 Å². The fraction of sp³-hybridized carbons (Fsp3) is 0.308. The summed E-state index contributed by atoms with van der Waals surface area (Å²) in [6.07, 6.45) is 1.76. The smallest absolute Gasteiger partial charge is 0.257 e. The lowest BCUT2D eigenvalue weighted by atomic mass is 10.0. The second kappa shape index (κ2) is 9.58. The van der Waals surface area contributed by atoms with Crippen molar-refractivity contribution in [3.63, 3.8) is 0 Å². The molecule has 170 valence electrons. The van der Waals surface area contributed by atoms with Crippen LogP contribution in [0.15, 0.2) is 72.9 Å². The summed E-state index contributed by atoms with van der Waals surface area (Å²) in [7, 11) is 0. The molecule has 3 aromatic rings. The van der Waals surface area contributed by atoms with E-state index in [1.807, 2.05) is 23.1 Å². The van der Waals surface area contributed by atoms with E-state index in [9.17, 15) is 9.18 Å². The summed E-state index contributed by atoms with van der Waals surface area (Å²) in [5, 5.41) is 3.58. The summed E-state index contributed by atoms with van der Waals surface area (Å²) >= 11 is 0. The average molecular weight is 446 g/mol. The fourth-order valence-electron chi connectivity index (χ4n) is 4.66. The van der Waals surface area contributed by atoms with Crippen molar-refractivity contribution in [2.75, 3.05) is 55.6 Å². The molecule has 0 spiro atoms. The number of anilines is 2. The van der Waals surface area contributed by atoms with E-state index in [0.717, 1.165) is 44.2 Å². The Balaban J connectivity index is 1.29. The normalized spacial score (nSPS) is 18.9. The SMILES string of the molecule is O=C(c1cccnc1N1CCNC(c2ccccc2)C1)N1CCN(c2ccc(F)cc2)CC1. The minimum absolute atomic E-state index is 0.0200. The highest BCUT2D eigenvalue weighted by Gasteiger charge is 2.28. The van der Waals surface area contributed by atoms with Crippen LogP contribution in [0.1, 0.15) is 22.0 Å². The van der Waals surface area contributed by atoms with E-state index in [-0.39, 0.29) is 17.8 Å². The van der Waals surface area contributed by atoms with E-state index in [2.05, 4.69) is 44.4 Å². The number of nitrogens with zero attached hydrogens (tertiary/aromatic N) is 4. The maximum atomic E-state index is 13.5. The minimum atomic E-state index is -0.237. The van der Waals surface area contributed by atoms with Crippen molar-refractivity contribution < 1.29 is 9.18 Å². The maximum absolute atomic E-state index is 13.5. The van der Waals surface area contributed by atoms with Gasteiger partial charge in [0.05, 0.1) is 5.56 Å². The number of carbonyl (C=O) groups is 1. The molecule has 0 aliphatic carbocycles. The number of nitrogens with one attached hydrogen (secondary N) is 1. The molecule has 33 heavy (non-hydrogen) atoms. The van der Waals surface area contributed by atoms with E-state index < -0.39 is 0 Å². The number of aromatic nitrogens is 1. The zero-order chi connectivity index (χ0) is 22.6. The van der Waals surface area contributed by atoms with Crippen molar-refractivity contribution in [2.24, 2.45) is 0 Å². The van der Waals surface area contributed by atoms with Crippen molar-refractivity contribution in [2.45, 2.75) is 6.04 Å². The number of piperazine rings is 2. The molecule has 1 aromatic heterocycles. The standard InChI is InChI=1S/C26H28FN5O/c27-21-8-10-22(11-9-21)30-15-17-31(18-16-30)26(33)23-7-4-12-29-25(23)32-14-13-28-24(19-32)20-5-2-1-3-6-20/h1-12,24,28H,13-19H2. The predicted octanol–water partition coefficient (Wildman–Crippen LogP) is 3.33. The van der Waals surface area contributed by atoms with Gasteiger partial charge in [-0.1, -0.05) is 30.3 Å². The Morgan fingerprint density at radius 3 is 2.39 bits per heavy atom. The van der Waals surface area contributed by atoms with Gasteiger partial charge < -0.3 is 20.0 Å². The minimum Gasteiger partial charge on any atom is -0.368 e. The Bertz CT molecular complexity index is 1080. The van der Waals surface area contributed by atoms with Crippen molar-refractivity contribution in [3.8, 4) is 0 Å². The van der Waals surface area contributed by atoms with Crippen LogP contribution in [-0.2, 0) is 0 Å². The number of benzene rings is 2. The molecule has 0 saturated carbocycles.